The molecule has 29 heavy (non-hydrogen) atoms. The highest BCUT2D eigenvalue weighted by atomic mass is 28.4. The summed E-state index contributed by atoms with van der Waals surface area (Å²) < 4.78 is 13.6. The fourth-order valence-electron chi connectivity index (χ4n) is 2.78. The van der Waals surface area contributed by atoms with Gasteiger partial charge in [0, 0.05) is 18.8 Å². The number of carbonyl (C=O) groups excluding carboxylic acids is 1. The van der Waals surface area contributed by atoms with E-state index in [2.05, 4.69) is 80.2 Å². The van der Waals surface area contributed by atoms with Crippen LogP contribution in [-0.4, -0.2) is 35.1 Å². The maximum atomic E-state index is 10.9. The van der Waals surface area contributed by atoms with Gasteiger partial charge in [0.1, 0.15) is 6.29 Å². The average Bonchev–Trinajstić information content (AvgIpc) is 2.54. The number of unbranched alkanes of at least 4 members (excludes halogenated alkanes) is 1. The van der Waals surface area contributed by atoms with E-state index in [9.17, 15) is 4.79 Å². The Kier molecular flexibility index (Phi) is 10.8. The average molecular weight is 439 g/mol. The van der Waals surface area contributed by atoms with Gasteiger partial charge < -0.3 is 13.6 Å². The van der Waals surface area contributed by atoms with Crippen molar-refractivity contribution in [3.63, 3.8) is 0 Å². The van der Waals surface area contributed by atoms with E-state index in [0.29, 0.717) is 12.8 Å². The molecule has 0 rings (SSSR count). The van der Waals surface area contributed by atoms with E-state index < -0.39 is 16.6 Å². The minimum atomic E-state index is -2.01. The van der Waals surface area contributed by atoms with Gasteiger partial charge in [0.2, 0.25) is 0 Å². The van der Waals surface area contributed by atoms with Crippen molar-refractivity contribution in [3.8, 4) is 12.3 Å². The molecule has 168 valence electrons. The molecular weight excluding hydrogens is 392 g/mol. The lowest BCUT2D eigenvalue weighted by Crippen LogP contribution is -2.50. The van der Waals surface area contributed by atoms with Gasteiger partial charge in [0.15, 0.2) is 16.6 Å². The fourth-order valence-corrected chi connectivity index (χ4v) is 5.45. The van der Waals surface area contributed by atoms with Crippen molar-refractivity contribution in [1.29, 1.82) is 0 Å². The molecule has 0 radical (unpaired) electrons. The summed E-state index contributed by atoms with van der Waals surface area (Å²) in [4.78, 5) is 10.9. The Morgan fingerprint density at radius 1 is 1.00 bits per heavy atom. The first-order valence-corrected chi connectivity index (χ1v) is 16.7. The minimum absolute atomic E-state index is 0.0896. The summed E-state index contributed by atoms with van der Waals surface area (Å²) in [5.41, 5.74) is 0. The number of carbonyl (C=O) groups is 1. The van der Waals surface area contributed by atoms with Gasteiger partial charge in [-0.1, -0.05) is 47.6 Å². The van der Waals surface area contributed by atoms with Crippen molar-refractivity contribution in [2.24, 2.45) is 5.92 Å². The third-order valence-corrected chi connectivity index (χ3v) is 15.8. The Morgan fingerprint density at radius 3 is 1.86 bits per heavy atom. The van der Waals surface area contributed by atoms with Crippen LogP contribution < -0.4 is 0 Å². The zero-order chi connectivity index (χ0) is 23.1. The summed E-state index contributed by atoms with van der Waals surface area (Å²) in [7, 11) is -4.01. The second-order valence-corrected chi connectivity index (χ2v) is 20.7. The van der Waals surface area contributed by atoms with Crippen LogP contribution in [0.4, 0.5) is 0 Å². The molecule has 3 nitrogen and oxygen atoms in total. The lowest BCUT2D eigenvalue weighted by Gasteiger charge is -2.45. The van der Waals surface area contributed by atoms with Gasteiger partial charge in [0.25, 0.3) is 0 Å². The van der Waals surface area contributed by atoms with Crippen LogP contribution in [-0.2, 0) is 13.6 Å². The predicted octanol–water partition coefficient (Wildman–Crippen LogP) is 6.96. The van der Waals surface area contributed by atoms with Crippen LogP contribution in [0, 0.1) is 18.3 Å². The topological polar surface area (TPSA) is 35.5 Å². The van der Waals surface area contributed by atoms with Crippen molar-refractivity contribution in [2.45, 2.75) is 116 Å². The van der Waals surface area contributed by atoms with E-state index in [0.717, 1.165) is 19.1 Å². The maximum absolute atomic E-state index is 10.9. The molecule has 0 aromatic rings. The van der Waals surface area contributed by atoms with Gasteiger partial charge in [0.05, 0.1) is 12.2 Å². The summed E-state index contributed by atoms with van der Waals surface area (Å²) in [6.07, 6.45) is 11.2. The Hall–Kier alpha value is -0.676. The van der Waals surface area contributed by atoms with E-state index >= 15 is 0 Å². The number of rotatable bonds is 12. The largest absolute Gasteiger partial charge is 0.413 e. The quantitative estimate of drug-likeness (QED) is 0.109. The van der Waals surface area contributed by atoms with Crippen LogP contribution >= 0.6 is 0 Å². The van der Waals surface area contributed by atoms with Crippen molar-refractivity contribution in [2.75, 3.05) is 0 Å². The van der Waals surface area contributed by atoms with Gasteiger partial charge >= 0.3 is 0 Å². The zero-order valence-corrected chi connectivity index (χ0v) is 22.7. The summed E-state index contributed by atoms with van der Waals surface area (Å²) in [6.45, 7) is 26.6. The first-order valence-electron chi connectivity index (χ1n) is 10.9. The fraction of sp³-hybridized carbons (Fsp3) is 0.792. The van der Waals surface area contributed by atoms with Gasteiger partial charge in [-0.25, -0.2) is 0 Å². The van der Waals surface area contributed by atoms with E-state index in [4.69, 9.17) is 15.3 Å². The zero-order valence-electron chi connectivity index (χ0n) is 20.7. The molecule has 0 aliphatic rings. The number of hydrogen-bond donors (Lipinski definition) is 0. The third kappa shape index (κ3) is 8.53. The van der Waals surface area contributed by atoms with Gasteiger partial charge in [-0.05, 0) is 49.1 Å². The van der Waals surface area contributed by atoms with E-state index in [-0.39, 0.29) is 28.2 Å². The Labute approximate surface area is 183 Å². The third-order valence-electron chi connectivity index (χ3n) is 6.80. The molecule has 5 heteroatoms. The first kappa shape index (κ1) is 28.3. The summed E-state index contributed by atoms with van der Waals surface area (Å²) >= 11 is 0. The lowest BCUT2D eigenvalue weighted by molar-refractivity contribution is -0.108. The molecule has 0 spiro atoms. The van der Waals surface area contributed by atoms with Crippen LogP contribution in [0.5, 0.6) is 0 Å². The predicted molar refractivity (Wildman–Crippen MR) is 131 cm³/mol. The van der Waals surface area contributed by atoms with Crippen LogP contribution in [0.3, 0.4) is 0 Å². The molecule has 0 saturated heterocycles. The van der Waals surface area contributed by atoms with E-state index in [1.807, 2.05) is 6.08 Å². The molecule has 0 aliphatic heterocycles. The minimum Gasteiger partial charge on any atom is -0.413 e. The maximum Gasteiger partial charge on any atom is 0.192 e. The Bertz CT molecular complexity index is 562. The summed E-state index contributed by atoms with van der Waals surface area (Å²) in [6, 6.07) is 0. The van der Waals surface area contributed by atoms with Crippen LogP contribution in [0.15, 0.2) is 12.7 Å². The van der Waals surface area contributed by atoms with Crippen molar-refractivity contribution in [1.82, 2.24) is 0 Å². The monoisotopic (exact) mass is 438 g/mol. The second kappa shape index (κ2) is 11.1. The molecule has 0 bridgehead atoms. The van der Waals surface area contributed by atoms with Crippen LogP contribution in [0.1, 0.15) is 67.2 Å². The smallest absolute Gasteiger partial charge is 0.192 e. The molecule has 0 N–H and O–H groups in total. The lowest BCUT2D eigenvalue weighted by atomic mass is 9.89. The van der Waals surface area contributed by atoms with Gasteiger partial charge in [-0.3, -0.25) is 0 Å². The molecular formula is C24H46O3Si2. The second-order valence-electron chi connectivity index (χ2n) is 11.2. The highest BCUT2D eigenvalue weighted by Crippen LogP contribution is 2.42. The molecule has 0 unspecified atom stereocenters. The highest BCUT2D eigenvalue weighted by molar-refractivity contribution is 6.74. The molecule has 0 heterocycles. The normalized spacial score (nSPS) is 16.6. The number of terminal acetylenes is 1. The standard InChI is InChI=1S/C24H46O3Si2/c1-13-17-22(27-29(11,12)24(6,7)8)20(18-15-16-19-25)21(14-2)26-28(9,10)23(3,4)5/h1,14,19-22H,2,15-18H2,3-12H3/t20-,21-,22-/m1/s1. The van der Waals surface area contributed by atoms with Gasteiger partial charge in [-0.2, -0.15) is 0 Å². The molecule has 0 aromatic carbocycles. The Balaban J connectivity index is 5.95. The van der Waals surface area contributed by atoms with E-state index in [1.165, 1.54) is 0 Å². The van der Waals surface area contributed by atoms with Crippen LogP contribution in [0.2, 0.25) is 36.3 Å². The molecule has 0 fully saturated rings. The molecule has 0 aliphatic carbocycles. The highest BCUT2D eigenvalue weighted by Gasteiger charge is 2.44. The van der Waals surface area contributed by atoms with Gasteiger partial charge in [-0.15, -0.1) is 18.9 Å². The summed E-state index contributed by atoms with van der Waals surface area (Å²) in [5, 5.41) is 0.195. The first-order chi connectivity index (χ1) is 13.0. The van der Waals surface area contributed by atoms with Crippen molar-refractivity contribution < 1.29 is 13.6 Å². The van der Waals surface area contributed by atoms with Crippen LogP contribution in [0.25, 0.3) is 0 Å². The van der Waals surface area contributed by atoms with E-state index in [1.54, 1.807) is 0 Å². The molecule has 0 amide bonds. The van der Waals surface area contributed by atoms with Crippen molar-refractivity contribution >= 4 is 22.9 Å². The SMILES string of the molecule is C#CC[C@@H](O[Si](C)(C)C(C)(C)C)[C@H](CCCC=O)[C@@H](C=C)O[Si](C)(C)C(C)(C)C. The molecule has 0 saturated carbocycles. The molecule has 0 aromatic heterocycles. The summed E-state index contributed by atoms with van der Waals surface area (Å²) in [5.74, 6) is 2.92. The number of hydrogen-bond acceptors (Lipinski definition) is 3. The number of aldehydes is 1. The van der Waals surface area contributed by atoms with Crippen molar-refractivity contribution in [3.05, 3.63) is 12.7 Å². The Morgan fingerprint density at radius 2 is 1.48 bits per heavy atom. The molecule has 3 atom stereocenters.